The normalized spacial score (nSPS) is 14.8. The minimum atomic E-state index is -3.84. The van der Waals surface area contributed by atoms with E-state index in [1.54, 1.807) is 43.3 Å². The van der Waals surface area contributed by atoms with Crippen LogP contribution in [0.15, 0.2) is 42.5 Å². The molecule has 1 aliphatic carbocycles. The van der Waals surface area contributed by atoms with Gasteiger partial charge in [-0.2, -0.15) is 0 Å². The number of sulfonamides is 1. The molecule has 3 rings (SSSR count). The van der Waals surface area contributed by atoms with E-state index in [1.165, 1.54) is 18.1 Å². The summed E-state index contributed by atoms with van der Waals surface area (Å²) in [5, 5.41) is 3.80. The first-order valence-corrected chi connectivity index (χ1v) is 14.3. The van der Waals surface area contributed by atoms with Gasteiger partial charge in [0, 0.05) is 28.7 Å². The first-order valence-electron chi connectivity index (χ1n) is 11.6. The summed E-state index contributed by atoms with van der Waals surface area (Å²) in [5.74, 6) is -0.404. The Labute approximate surface area is 222 Å². The lowest BCUT2D eigenvalue weighted by atomic mass is 10.1. The maximum atomic E-state index is 13.6. The first-order chi connectivity index (χ1) is 17.0. The van der Waals surface area contributed by atoms with Gasteiger partial charge in [-0.25, -0.2) is 8.42 Å². The monoisotopic (exact) mass is 555 g/mol. The third-order valence-corrected chi connectivity index (χ3v) is 7.97. The molecule has 0 saturated heterocycles. The van der Waals surface area contributed by atoms with Gasteiger partial charge in [0.25, 0.3) is 0 Å². The summed E-state index contributed by atoms with van der Waals surface area (Å²) in [6.45, 7) is 1.13. The topological polar surface area (TPSA) is 96.0 Å². The molecule has 1 saturated carbocycles. The number of hydrogen-bond acceptors (Lipinski definition) is 5. The number of methoxy groups -OCH3 is 1. The van der Waals surface area contributed by atoms with E-state index in [4.69, 9.17) is 27.9 Å². The highest BCUT2D eigenvalue weighted by Gasteiger charge is 2.31. The predicted molar refractivity (Wildman–Crippen MR) is 142 cm³/mol. The fourth-order valence-electron chi connectivity index (χ4n) is 4.19. The summed E-state index contributed by atoms with van der Waals surface area (Å²) >= 11 is 12.4. The number of ether oxygens (including phenoxy) is 1. The molecule has 196 valence electrons. The molecule has 0 spiro atoms. The van der Waals surface area contributed by atoms with Crippen molar-refractivity contribution in [3.05, 3.63) is 58.1 Å². The summed E-state index contributed by atoms with van der Waals surface area (Å²) in [5.41, 5.74) is 0.861. The average molecular weight is 557 g/mol. The van der Waals surface area contributed by atoms with Crippen molar-refractivity contribution in [1.82, 2.24) is 10.2 Å². The Hall–Kier alpha value is -2.49. The first kappa shape index (κ1) is 28.1. The second-order valence-corrected chi connectivity index (χ2v) is 11.6. The molecule has 1 fully saturated rings. The SMILES string of the molecule is COc1cccc(N(CC(=O)N(Cc2ccc(Cl)cc2Cl)C(C)C(=O)NC2CCCC2)S(C)(=O)=O)c1. The van der Waals surface area contributed by atoms with E-state index in [9.17, 15) is 18.0 Å². The largest absolute Gasteiger partial charge is 0.497 e. The molecule has 1 aliphatic rings. The lowest BCUT2D eigenvalue weighted by Gasteiger charge is -2.32. The molecule has 1 N–H and O–H groups in total. The van der Waals surface area contributed by atoms with Gasteiger partial charge in [0.1, 0.15) is 18.3 Å². The highest BCUT2D eigenvalue weighted by molar-refractivity contribution is 7.92. The van der Waals surface area contributed by atoms with E-state index < -0.39 is 28.5 Å². The lowest BCUT2D eigenvalue weighted by molar-refractivity contribution is -0.139. The Morgan fingerprint density at radius 2 is 1.83 bits per heavy atom. The van der Waals surface area contributed by atoms with Crippen LogP contribution in [-0.2, 0) is 26.2 Å². The van der Waals surface area contributed by atoms with Gasteiger partial charge in [0.2, 0.25) is 21.8 Å². The molecule has 0 aromatic heterocycles. The van der Waals surface area contributed by atoms with Gasteiger partial charge in [0.15, 0.2) is 0 Å². The summed E-state index contributed by atoms with van der Waals surface area (Å²) in [7, 11) is -2.37. The molecule has 2 aromatic rings. The van der Waals surface area contributed by atoms with Crippen molar-refractivity contribution in [2.45, 2.75) is 51.2 Å². The van der Waals surface area contributed by atoms with Gasteiger partial charge in [0.05, 0.1) is 19.1 Å². The molecule has 2 amide bonds. The van der Waals surface area contributed by atoms with Crippen molar-refractivity contribution in [3.63, 3.8) is 0 Å². The number of nitrogens with one attached hydrogen (secondary N) is 1. The van der Waals surface area contributed by atoms with Crippen molar-refractivity contribution < 1.29 is 22.7 Å². The van der Waals surface area contributed by atoms with Gasteiger partial charge >= 0.3 is 0 Å². The van der Waals surface area contributed by atoms with Crippen molar-refractivity contribution in [2.75, 3.05) is 24.2 Å². The van der Waals surface area contributed by atoms with Crippen LogP contribution in [0.4, 0.5) is 5.69 Å². The zero-order chi connectivity index (χ0) is 26.5. The molecular weight excluding hydrogens is 525 g/mol. The van der Waals surface area contributed by atoms with Crippen LogP contribution >= 0.6 is 23.2 Å². The van der Waals surface area contributed by atoms with Gasteiger partial charge in [-0.3, -0.25) is 13.9 Å². The van der Waals surface area contributed by atoms with Gasteiger partial charge < -0.3 is 15.0 Å². The summed E-state index contributed by atoms with van der Waals surface area (Å²) in [6, 6.07) is 10.5. The van der Waals surface area contributed by atoms with Crippen LogP contribution in [0.1, 0.15) is 38.2 Å². The molecule has 1 atom stereocenters. The fraction of sp³-hybridized carbons (Fsp3) is 0.440. The van der Waals surface area contributed by atoms with Crippen LogP contribution < -0.4 is 14.4 Å². The van der Waals surface area contributed by atoms with Gasteiger partial charge in [-0.15, -0.1) is 0 Å². The molecule has 0 bridgehead atoms. The molecular formula is C25H31Cl2N3O5S. The zero-order valence-corrected chi connectivity index (χ0v) is 22.9. The third-order valence-electron chi connectivity index (χ3n) is 6.25. The maximum Gasteiger partial charge on any atom is 0.244 e. The number of carbonyl (C=O) groups is 2. The smallest absolute Gasteiger partial charge is 0.244 e. The number of nitrogens with zero attached hydrogens (tertiary/aromatic N) is 2. The average Bonchev–Trinajstić information content (AvgIpc) is 3.33. The van der Waals surface area contributed by atoms with Crippen LogP contribution in [-0.4, -0.2) is 57.1 Å². The van der Waals surface area contributed by atoms with E-state index >= 15 is 0 Å². The third kappa shape index (κ3) is 7.27. The van der Waals surface area contributed by atoms with E-state index in [-0.39, 0.29) is 24.2 Å². The number of benzene rings is 2. The van der Waals surface area contributed by atoms with Crippen LogP contribution in [0, 0.1) is 0 Å². The number of amides is 2. The zero-order valence-electron chi connectivity index (χ0n) is 20.5. The number of carbonyl (C=O) groups excluding carboxylic acids is 2. The van der Waals surface area contributed by atoms with Crippen LogP contribution in [0.3, 0.4) is 0 Å². The number of hydrogen-bond donors (Lipinski definition) is 1. The van der Waals surface area contributed by atoms with Crippen LogP contribution in [0.25, 0.3) is 0 Å². The number of rotatable bonds is 10. The van der Waals surface area contributed by atoms with Crippen LogP contribution in [0.5, 0.6) is 5.75 Å². The van der Waals surface area contributed by atoms with Crippen molar-refractivity contribution in [1.29, 1.82) is 0 Å². The minimum absolute atomic E-state index is 0.00377. The molecule has 11 heteroatoms. The summed E-state index contributed by atoms with van der Waals surface area (Å²) < 4.78 is 31.6. The molecule has 8 nitrogen and oxygen atoms in total. The molecule has 36 heavy (non-hydrogen) atoms. The number of anilines is 1. The standard InChI is InChI=1S/C25H31Cl2N3O5S/c1-17(25(32)28-20-7-4-5-8-20)29(15-18-11-12-19(26)13-23(18)27)24(31)16-30(36(3,33)34)21-9-6-10-22(14-21)35-2/h6,9-14,17,20H,4-5,7-8,15-16H2,1-3H3,(H,28,32). The Morgan fingerprint density at radius 3 is 2.44 bits per heavy atom. The molecule has 2 aromatic carbocycles. The van der Waals surface area contributed by atoms with Crippen molar-refractivity contribution in [3.8, 4) is 5.75 Å². The highest BCUT2D eigenvalue weighted by atomic mass is 35.5. The second-order valence-electron chi connectivity index (χ2n) is 8.89. The molecule has 1 unspecified atom stereocenters. The lowest BCUT2D eigenvalue weighted by Crippen LogP contribution is -2.52. The summed E-state index contributed by atoms with van der Waals surface area (Å²) in [4.78, 5) is 28.1. The highest BCUT2D eigenvalue weighted by Crippen LogP contribution is 2.26. The molecule has 0 radical (unpaired) electrons. The van der Waals surface area contributed by atoms with E-state index in [0.717, 1.165) is 36.2 Å². The molecule has 0 heterocycles. The minimum Gasteiger partial charge on any atom is -0.497 e. The van der Waals surface area contributed by atoms with Crippen molar-refractivity contribution in [2.24, 2.45) is 0 Å². The molecule has 0 aliphatic heterocycles. The van der Waals surface area contributed by atoms with E-state index in [0.29, 0.717) is 21.4 Å². The number of halogens is 2. The second kappa shape index (κ2) is 12.2. The predicted octanol–water partition coefficient (Wildman–Crippen LogP) is 4.24. The van der Waals surface area contributed by atoms with E-state index in [2.05, 4.69) is 5.32 Å². The van der Waals surface area contributed by atoms with E-state index in [1.807, 2.05) is 0 Å². The Bertz CT molecular complexity index is 1200. The fourth-order valence-corrected chi connectivity index (χ4v) is 5.50. The Kier molecular flexibility index (Phi) is 9.49. The Balaban J connectivity index is 1.91. The maximum absolute atomic E-state index is 13.6. The van der Waals surface area contributed by atoms with Crippen LogP contribution in [0.2, 0.25) is 10.0 Å². The summed E-state index contributed by atoms with van der Waals surface area (Å²) in [6.07, 6.45) is 4.91. The van der Waals surface area contributed by atoms with Crippen molar-refractivity contribution >= 4 is 50.7 Å². The Morgan fingerprint density at radius 1 is 1.14 bits per heavy atom. The van der Waals surface area contributed by atoms with Gasteiger partial charge in [-0.1, -0.05) is 48.2 Å². The quantitative estimate of drug-likeness (QED) is 0.472. The van der Waals surface area contributed by atoms with Gasteiger partial charge in [-0.05, 0) is 49.6 Å².